The van der Waals surface area contributed by atoms with Crippen molar-refractivity contribution in [2.24, 2.45) is 0 Å². The lowest BCUT2D eigenvalue weighted by Crippen LogP contribution is -2.22. The minimum Gasteiger partial charge on any atom is -0.454 e. The molecule has 3 heterocycles. The van der Waals surface area contributed by atoms with Gasteiger partial charge in [-0.2, -0.15) is 5.10 Å². The number of benzene rings is 3. The van der Waals surface area contributed by atoms with E-state index < -0.39 is 0 Å². The number of anilines is 1. The van der Waals surface area contributed by atoms with Crippen LogP contribution in [0.2, 0.25) is 0 Å². The average Bonchev–Trinajstić information content (AvgIpc) is 3.50. The number of H-pyrrole nitrogens is 1. The van der Waals surface area contributed by atoms with Crippen LogP contribution in [-0.4, -0.2) is 27.0 Å². The van der Waals surface area contributed by atoms with Crippen molar-refractivity contribution in [1.82, 2.24) is 20.5 Å². The highest BCUT2D eigenvalue weighted by atomic mass is 32.1. The summed E-state index contributed by atoms with van der Waals surface area (Å²) in [6, 6.07) is 18.0. The Labute approximate surface area is 197 Å². The third-order valence-corrected chi connectivity index (χ3v) is 6.55. The number of aromatic amines is 1. The van der Waals surface area contributed by atoms with Gasteiger partial charge in [0, 0.05) is 27.6 Å². The lowest BCUT2D eigenvalue weighted by molar-refractivity contribution is 0.0950. The SMILES string of the molecule is O=C(NCc1cnc(-c2ccc3[nH]ncc3c2)s1)c1ccc2c(c1)NC(=O)c1ccccc1O2. The van der Waals surface area contributed by atoms with Crippen LogP contribution in [0.4, 0.5) is 5.69 Å². The molecule has 1 aliphatic heterocycles. The van der Waals surface area contributed by atoms with Crippen LogP contribution in [0.5, 0.6) is 11.5 Å². The molecule has 8 nitrogen and oxygen atoms in total. The Morgan fingerprint density at radius 1 is 1.03 bits per heavy atom. The second kappa shape index (κ2) is 8.13. The number of hydrogen-bond acceptors (Lipinski definition) is 6. The molecule has 0 radical (unpaired) electrons. The molecule has 3 N–H and O–H groups in total. The standard InChI is InChI=1S/C25H17N5O3S/c31-23(14-6-8-22-20(10-14)29-24(32)18-3-1-2-4-21(18)33-22)26-12-17-13-27-25(34-17)15-5-7-19-16(9-15)11-28-30-19/h1-11,13H,12H2,(H,26,31)(H,28,30)(H,29,32). The van der Waals surface area contributed by atoms with Crippen molar-refractivity contribution in [2.75, 3.05) is 5.32 Å². The topological polar surface area (TPSA) is 109 Å². The van der Waals surface area contributed by atoms with Gasteiger partial charge >= 0.3 is 0 Å². The zero-order chi connectivity index (χ0) is 23.1. The number of thiazole rings is 1. The smallest absolute Gasteiger partial charge is 0.259 e. The van der Waals surface area contributed by atoms with Crippen molar-refractivity contribution in [3.63, 3.8) is 0 Å². The maximum Gasteiger partial charge on any atom is 0.259 e. The Morgan fingerprint density at radius 2 is 1.94 bits per heavy atom. The van der Waals surface area contributed by atoms with Crippen LogP contribution in [0.25, 0.3) is 21.5 Å². The molecule has 0 spiro atoms. The first-order chi connectivity index (χ1) is 16.6. The fourth-order valence-corrected chi connectivity index (χ4v) is 4.63. The quantitative estimate of drug-likeness (QED) is 0.346. The van der Waals surface area contributed by atoms with E-state index in [-0.39, 0.29) is 11.8 Å². The van der Waals surface area contributed by atoms with Gasteiger partial charge in [-0.1, -0.05) is 12.1 Å². The van der Waals surface area contributed by atoms with Crippen molar-refractivity contribution in [2.45, 2.75) is 6.54 Å². The summed E-state index contributed by atoms with van der Waals surface area (Å²) in [6.45, 7) is 0.343. The highest BCUT2D eigenvalue weighted by Crippen LogP contribution is 2.36. The van der Waals surface area contributed by atoms with Gasteiger partial charge in [0.1, 0.15) is 10.8 Å². The second-order valence-electron chi connectivity index (χ2n) is 7.75. The Bertz CT molecular complexity index is 1570. The number of carbonyl (C=O) groups is 2. The molecule has 2 aromatic heterocycles. The Balaban J connectivity index is 1.16. The summed E-state index contributed by atoms with van der Waals surface area (Å²) < 4.78 is 5.88. The molecule has 0 saturated carbocycles. The summed E-state index contributed by atoms with van der Waals surface area (Å²) in [5, 5.41) is 14.6. The fourth-order valence-electron chi connectivity index (χ4n) is 3.78. The van der Waals surface area contributed by atoms with Gasteiger partial charge in [0.2, 0.25) is 0 Å². The highest BCUT2D eigenvalue weighted by molar-refractivity contribution is 7.15. The number of nitrogens with zero attached hydrogens (tertiary/aromatic N) is 2. The summed E-state index contributed by atoms with van der Waals surface area (Å²) in [5.41, 5.74) is 3.28. The number of hydrogen-bond donors (Lipinski definition) is 3. The molecular weight excluding hydrogens is 450 g/mol. The van der Waals surface area contributed by atoms with E-state index in [4.69, 9.17) is 4.74 Å². The minimum atomic E-state index is -0.280. The molecule has 3 aromatic carbocycles. The number of para-hydroxylation sites is 1. The second-order valence-corrected chi connectivity index (χ2v) is 8.86. The average molecular weight is 468 g/mol. The molecule has 166 valence electrons. The van der Waals surface area contributed by atoms with Gasteiger partial charge in [-0.25, -0.2) is 4.98 Å². The van der Waals surface area contributed by atoms with E-state index in [0.29, 0.717) is 34.9 Å². The molecule has 5 aromatic rings. The van der Waals surface area contributed by atoms with E-state index in [2.05, 4.69) is 25.8 Å². The largest absolute Gasteiger partial charge is 0.454 e. The maximum atomic E-state index is 12.8. The van der Waals surface area contributed by atoms with E-state index in [1.807, 2.05) is 18.2 Å². The van der Waals surface area contributed by atoms with Gasteiger partial charge in [-0.05, 0) is 48.5 Å². The summed E-state index contributed by atoms with van der Waals surface area (Å²) >= 11 is 1.52. The van der Waals surface area contributed by atoms with Gasteiger partial charge < -0.3 is 15.4 Å². The Kier molecular flexibility index (Phi) is 4.81. The summed E-state index contributed by atoms with van der Waals surface area (Å²) in [6.07, 6.45) is 3.54. The zero-order valence-electron chi connectivity index (χ0n) is 17.7. The van der Waals surface area contributed by atoms with E-state index in [1.165, 1.54) is 11.3 Å². The third kappa shape index (κ3) is 3.67. The number of amides is 2. The normalized spacial score (nSPS) is 12.3. The van der Waals surface area contributed by atoms with Crippen molar-refractivity contribution >= 4 is 39.7 Å². The fraction of sp³-hybridized carbons (Fsp3) is 0.0400. The predicted octanol–water partition coefficient (Wildman–Crippen LogP) is 4.97. The van der Waals surface area contributed by atoms with Gasteiger partial charge in [0.15, 0.2) is 5.75 Å². The van der Waals surface area contributed by atoms with Crippen LogP contribution in [0, 0.1) is 0 Å². The van der Waals surface area contributed by atoms with Crippen LogP contribution in [0.3, 0.4) is 0 Å². The lowest BCUT2D eigenvalue weighted by Gasteiger charge is -2.10. The summed E-state index contributed by atoms with van der Waals surface area (Å²) in [7, 11) is 0. The van der Waals surface area contributed by atoms with Crippen LogP contribution in [0.1, 0.15) is 25.6 Å². The molecule has 0 aliphatic carbocycles. The number of nitrogens with one attached hydrogen (secondary N) is 3. The lowest BCUT2D eigenvalue weighted by atomic mass is 10.1. The summed E-state index contributed by atoms with van der Waals surface area (Å²) in [5.74, 6) is 0.423. The van der Waals surface area contributed by atoms with Crippen molar-refractivity contribution in [3.8, 4) is 22.1 Å². The molecule has 9 heteroatoms. The van der Waals surface area contributed by atoms with E-state index in [1.54, 1.807) is 54.9 Å². The van der Waals surface area contributed by atoms with E-state index >= 15 is 0 Å². The molecular formula is C25H17N5O3S. The van der Waals surface area contributed by atoms with Crippen LogP contribution in [0.15, 0.2) is 73.1 Å². The first-order valence-electron chi connectivity index (χ1n) is 10.5. The molecule has 0 bridgehead atoms. The molecule has 34 heavy (non-hydrogen) atoms. The number of aromatic nitrogens is 3. The van der Waals surface area contributed by atoms with Gasteiger partial charge in [-0.3, -0.25) is 14.7 Å². The number of ether oxygens (including phenoxy) is 1. The molecule has 0 unspecified atom stereocenters. The first-order valence-corrected chi connectivity index (χ1v) is 11.3. The van der Waals surface area contributed by atoms with Gasteiger partial charge in [-0.15, -0.1) is 11.3 Å². The van der Waals surface area contributed by atoms with Crippen LogP contribution < -0.4 is 15.4 Å². The molecule has 0 saturated heterocycles. The molecule has 2 amide bonds. The summed E-state index contributed by atoms with van der Waals surface area (Å²) in [4.78, 5) is 30.8. The van der Waals surface area contributed by atoms with Crippen LogP contribution in [-0.2, 0) is 6.54 Å². The van der Waals surface area contributed by atoms with Crippen molar-refractivity contribution < 1.29 is 14.3 Å². The number of fused-ring (bicyclic) bond motifs is 3. The number of carbonyl (C=O) groups excluding carboxylic acids is 2. The Hall–Kier alpha value is -4.50. The van der Waals surface area contributed by atoms with Gasteiger partial charge in [0.05, 0.1) is 29.5 Å². The molecule has 0 fully saturated rings. The zero-order valence-corrected chi connectivity index (χ0v) is 18.5. The van der Waals surface area contributed by atoms with Crippen molar-refractivity contribution in [1.29, 1.82) is 0 Å². The Morgan fingerprint density at radius 3 is 2.88 bits per heavy atom. The third-order valence-electron chi connectivity index (χ3n) is 5.51. The minimum absolute atomic E-state index is 0.256. The van der Waals surface area contributed by atoms with E-state index in [0.717, 1.165) is 26.4 Å². The van der Waals surface area contributed by atoms with Crippen molar-refractivity contribution in [3.05, 3.63) is 89.1 Å². The molecule has 6 rings (SSSR count). The molecule has 0 atom stereocenters. The predicted molar refractivity (Wildman–Crippen MR) is 129 cm³/mol. The van der Waals surface area contributed by atoms with E-state index in [9.17, 15) is 9.59 Å². The van der Waals surface area contributed by atoms with Gasteiger partial charge in [0.25, 0.3) is 11.8 Å². The maximum absolute atomic E-state index is 12.8. The monoisotopic (exact) mass is 467 g/mol. The first kappa shape index (κ1) is 20.1. The molecule has 1 aliphatic rings. The van der Waals surface area contributed by atoms with Crippen LogP contribution >= 0.6 is 11.3 Å². The number of rotatable bonds is 4. The highest BCUT2D eigenvalue weighted by Gasteiger charge is 2.21.